The molecule has 0 aliphatic carbocycles. The average molecular weight is 349 g/mol. The summed E-state index contributed by atoms with van der Waals surface area (Å²) in [6.07, 6.45) is 1.68. The lowest BCUT2D eigenvalue weighted by molar-refractivity contribution is -0.111. The van der Waals surface area contributed by atoms with Crippen LogP contribution in [0.25, 0.3) is 16.3 Å². The first-order valence-electron chi connectivity index (χ1n) is 8.92. The molecule has 2 nitrogen and oxygen atoms in total. The molecule has 4 aromatic rings. The minimum Gasteiger partial charge on any atom is -0.322 e. The number of nitrogens with one attached hydrogen (secondary N) is 1. The number of para-hydroxylation sites is 1. The Morgan fingerprint density at radius 2 is 1.30 bits per heavy atom. The predicted octanol–water partition coefficient (Wildman–Crippen LogP) is 5.91. The largest absolute Gasteiger partial charge is 0.322 e. The normalized spacial score (nSPS) is 11.3. The topological polar surface area (TPSA) is 29.1 Å². The Bertz CT molecular complexity index is 1090. The second kappa shape index (κ2) is 7.71. The van der Waals surface area contributed by atoms with Crippen LogP contribution in [0, 0.1) is 0 Å². The number of carbonyl (C=O) groups is 1. The Kier molecular flexibility index (Phi) is 4.80. The van der Waals surface area contributed by atoms with Gasteiger partial charge in [0.2, 0.25) is 5.91 Å². The molecule has 0 saturated heterocycles. The van der Waals surface area contributed by atoms with Crippen LogP contribution in [-0.4, -0.2) is 5.91 Å². The summed E-state index contributed by atoms with van der Waals surface area (Å²) in [6.45, 7) is 0. The molecular weight excluding hydrogens is 330 g/mol. The van der Waals surface area contributed by atoms with Crippen molar-refractivity contribution in [1.29, 1.82) is 0 Å². The maximum Gasteiger partial charge on any atom is 0.249 e. The number of anilines is 1. The first-order valence-corrected chi connectivity index (χ1v) is 8.92. The van der Waals surface area contributed by atoms with Gasteiger partial charge in [0.25, 0.3) is 0 Å². The minimum atomic E-state index is -0.145. The predicted molar refractivity (Wildman–Crippen MR) is 113 cm³/mol. The smallest absolute Gasteiger partial charge is 0.249 e. The van der Waals surface area contributed by atoms with Crippen molar-refractivity contribution in [3.63, 3.8) is 0 Å². The van der Waals surface area contributed by atoms with Crippen LogP contribution in [0.1, 0.15) is 11.1 Å². The highest BCUT2D eigenvalue weighted by Gasteiger charge is 2.11. The Hall–Kier alpha value is -3.65. The number of rotatable bonds is 4. The van der Waals surface area contributed by atoms with Crippen molar-refractivity contribution >= 4 is 27.9 Å². The zero-order valence-corrected chi connectivity index (χ0v) is 14.8. The van der Waals surface area contributed by atoms with Gasteiger partial charge in [0, 0.05) is 11.8 Å². The summed E-state index contributed by atoms with van der Waals surface area (Å²) < 4.78 is 0. The van der Waals surface area contributed by atoms with Crippen LogP contribution in [0.3, 0.4) is 0 Å². The monoisotopic (exact) mass is 349 g/mol. The van der Waals surface area contributed by atoms with E-state index in [1.54, 1.807) is 6.08 Å². The lowest BCUT2D eigenvalue weighted by Gasteiger charge is -2.12. The molecule has 0 spiro atoms. The van der Waals surface area contributed by atoms with Gasteiger partial charge >= 0.3 is 0 Å². The number of hydrogen-bond acceptors (Lipinski definition) is 1. The third kappa shape index (κ3) is 3.80. The number of fused-ring (bicyclic) bond motifs is 1. The van der Waals surface area contributed by atoms with E-state index in [0.29, 0.717) is 0 Å². The lowest BCUT2D eigenvalue weighted by Crippen LogP contribution is -2.09. The average Bonchev–Trinajstić information content (AvgIpc) is 2.73. The van der Waals surface area contributed by atoms with Gasteiger partial charge in [-0.1, -0.05) is 91.0 Å². The van der Waals surface area contributed by atoms with E-state index in [2.05, 4.69) is 29.6 Å². The summed E-state index contributed by atoms with van der Waals surface area (Å²) in [7, 11) is 0. The van der Waals surface area contributed by atoms with Crippen molar-refractivity contribution in [3.8, 4) is 0 Å². The molecule has 0 aromatic heterocycles. The maximum atomic E-state index is 12.7. The summed E-state index contributed by atoms with van der Waals surface area (Å²) in [5.74, 6) is -0.145. The fraction of sp³-hybridized carbons (Fsp3) is 0. The van der Waals surface area contributed by atoms with Gasteiger partial charge in [0.1, 0.15) is 0 Å². The number of benzene rings is 4. The van der Waals surface area contributed by atoms with E-state index >= 15 is 0 Å². The Labute approximate surface area is 158 Å². The highest BCUT2D eigenvalue weighted by Crippen LogP contribution is 2.30. The van der Waals surface area contributed by atoms with Crippen LogP contribution in [0.2, 0.25) is 0 Å². The first kappa shape index (κ1) is 16.8. The van der Waals surface area contributed by atoms with Crippen molar-refractivity contribution in [1.82, 2.24) is 0 Å². The Morgan fingerprint density at radius 3 is 2.07 bits per heavy atom. The van der Waals surface area contributed by atoms with Crippen molar-refractivity contribution in [2.75, 3.05) is 5.32 Å². The zero-order chi connectivity index (χ0) is 18.5. The minimum absolute atomic E-state index is 0.145. The molecule has 0 unspecified atom stereocenters. The van der Waals surface area contributed by atoms with Crippen molar-refractivity contribution < 1.29 is 4.79 Å². The summed E-state index contributed by atoms with van der Waals surface area (Å²) in [4.78, 5) is 12.7. The lowest BCUT2D eigenvalue weighted by atomic mass is 9.93. The van der Waals surface area contributed by atoms with Gasteiger partial charge in [0.15, 0.2) is 0 Å². The van der Waals surface area contributed by atoms with E-state index in [4.69, 9.17) is 0 Å². The van der Waals surface area contributed by atoms with Crippen LogP contribution < -0.4 is 5.32 Å². The van der Waals surface area contributed by atoms with Crippen LogP contribution in [0.5, 0.6) is 0 Å². The first-order chi connectivity index (χ1) is 13.3. The van der Waals surface area contributed by atoms with E-state index in [-0.39, 0.29) is 5.91 Å². The van der Waals surface area contributed by atoms with Gasteiger partial charge in [-0.25, -0.2) is 0 Å². The van der Waals surface area contributed by atoms with Gasteiger partial charge in [-0.3, -0.25) is 4.79 Å². The van der Waals surface area contributed by atoms with E-state index in [9.17, 15) is 4.79 Å². The molecule has 0 aliphatic heterocycles. The standard InChI is InChI=1S/C25H19NO/c27-25(26-21-14-5-2-6-15-21)18-24(20-10-3-1-4-11-20)23-17-9-13-19-12-7-8-16-22(19)23/h1-18H,(H,26,27). The molecule has 0 radical (unpaired) electrons. The number of amides is 1. The molecule has 2 heteroatoms. The zero-order valence-electron chi connectivity index (χ0n) is 14.8. The molecule has 1 N–H and O–H groups in total. The summed E-state index contributed by atoms with van der Waals surface area (Å²) in [5, 5.41) is 5.23. The van der Waals surface area contributed by atoms with Gasteiger partial charge in [0.05, 0.1) is 0 Å². The summed E-state index contributed by atoms with van der Waals surface area (Å²) in [6, 6.07) is 33.9. The van der Waals surface area contributed by atoms with Crippen molar-refractivity contribution in [2.45, 2.75) is 0 Å². The van der Waals surface area contributed by atoms with Crippen molar-refractivity contribution in [2.24, 2.45) is 0 Å². The summed E-state index contributed by atoms with van der Waals surface area (Å²) in [5.41, 5.74) is 3.74. The molecule has 0 bridgehead atoms. The highest BCUT2D eigenvalue weighted by molar-refractivity contribution is 6.09. The van der Waals surface area contributed by atoms with Crippen LogP contribution in [0.15, 0.2) is 109 Å². The van der Waals surface area contributed by atoms with E-state index in [1.807, 2.05) is 78.9 Å². The van der Waals surface area contributed by atoms with Crippen LogP contribution >= 0.6 is 0 Å². The molecule has 0 atom stereocenters. The third-order valence-corrected chi connectivity index (χ3v) is 4.48. The highest BCUT2D eigenvalue weighted by atomic mass is 16.1. The molecule has 27 heavy (non-hydrogen) atoms. The number of hydrogen-bond donors (Lipinski definition) is 1. The summed E-state index contributed by atoms with van der Waals surface area (Å²) >= 11 is 0. The second-order valence-corrected chi connectivity index (χ2v) is 6.31. The SMILES string of the molecule is O=C(C=C(c1ccccc1)c1cccc2ccccc12)Nc1ccccc1. The molecule has 0 fully saturated rings. The quantitative estimate of drug-likeness (QED) is 0.456. The van der Waals surface area contributed by atoms with E-state index in [1.165, 1.54) is 0 Å². The Morgan fingerprint density at radius 1 is 0.667 bits per heavy atom. The van der Waals surface area contributed by atoms with Crippen LogP contribution in [-0.2, 0) is 4.79 Å². The molecule has 130 valence electrons. The molecule has 1 amide bonds. The van der Waals surface area contributed by atoms with Gasteiger partial charge in [-0.05, 0) is 39.6 Å². The molecule has 0 heterocycles. The fourth-order valence-corrected chi connectivity index (χ4v) is 3.23. The Balaban J connectivity index is 1.81. The van der Waals surface area contributed by atoms with Gasteiger partial charge in [-0.2, -0.15) is 0 Å². The molecule has 0 saturated carbocycles. The van der Waals surface area contributed by atoms with Gasteiger partial charge < -0.3 is 5.32 Å². The third-order valence-electron chi connectivity index (χ3n) is 4.48. The molecule has 0 aliphatic rings. The maximum absolute atomic E-state index is 12.7. The second-order valence-electron chi connectivity index (χ2n) is 6.31. The number of carbonyl (C=O) groups excluding carboxylic acids is 1. The molecule has 4 aromatic carbocycles. The van der Waals surface area contributed by atoms with Gasteiger partial charge in [-0.15, -0.1) is 0 Å². The van der Waals surface area contributed by atoms with E-state index < -0.39 is 0 Å². The molecule has 4 rings (SSSR count). The van der Waals surface area contributed by atoms with E-state index in [0.717, 1.165) is 33.2 Å². The fourth-order valence-electron chi connectivity index (χ4n) is 3.23. The van der Waals surface area contributed by atoms with Crippen LogP contribution in [0.4, 0.5) is 5.69 Å². The van der Waals surface area contributed by atoms with Crippen molar-refractivity contribution in [3.05, 3.63) is 120 Å². The molecular formula is C25H19NO.